The predicted octanol–water partition coefficient (Wildman–Crippen LogP) is 2.38. The van der Waals surface area contributed by atoms with Crippen molar-refractivity contribution in [3.63, 3.8) is 0 Å². The molecule has 0 amide bonds. The van der Waals surface area contributed by atoms with Crippen LogP contribution in [0.4, 0.5) is 0 Å². The Labute approximate surface area is 144 Å². The lowest BCUT2D eigenvalue weighted by Gasteiger charge is -2.36. The lowest BCUT2D eigenvalue weighted by atomic mass is 10.2. The third-order valence-corrected chi connectivity index (χ3v) is 3.81. The van der Waals surface area contributed by atoms with Gasteiger partial charge in [-0.25, -0.2) is 4.99 Å². The number of hydrogen-bond acceptors (Lipinski definition) is 7. The molecule has 1 aromatic rings. The molecule has 1 aliphatic rings. The number of ether oxygens (including phenoxy) is 1. The van der Waals surface area contributed by atoms with Crippen LogP contribution in [0.2, 0.25) is 10.0 Å². The van der Waals surface area contributed by atoms with Crippen LogP contribution < -0.4 is 16.2 Å². The maximum atomic E-state index is 6.04. The zero-order valence-corrected chi connectivity index (χ0v) is 14.4. The summed E-state index contributed by atoms with van der Waals surface area (Å²) < 4.78 is 5.58. The molecule has 0 saturated carbocycles. The van der Waals surface area contributed by atoms with E-state index in [1.165, 1.54) is 5.06 Å². The second-order valence-corrected chi connectivity index (χ2v) is 6.10. The Morgan fingerprint density at radius 3 is 2.65 bits per heavy atom. The molecule has 126 valence electrons. The third-order valence-electron chi connectivity index (χ3n) is 3.01. The summed E-state index contributed by atoms with van der Waals surface area (Å²) in [5.74, 6) is 0.837. The first-order valence-corrected chi connectivity index (χ1v) is 7.76. The fourth-order valence-electron chi connectivity index (χ4n) is 2.01. The summed E-state index contributed by atoms with van der Waals surface area (Å²) in [7, 11) is 0. The number of nitrogens with zero attached hydrogens (tertiary/aromatic N) is 3. The van der Waals surface area contributed by atoms with Gasteiger partial charge in [0.1, 0.15) is 10.8 Å². The van der Waals surface area contributed by atoms with Gasteiger partial charge in [0.05, 0.1) is 18.2 Å². The molecule has 0 bridgehead atoms. The lowest BCUT2D eigenvalue weighted by Crippen LogP contribution is -2.53. The average Bonchev–Trinajstić information content (AvgIpc) is 2.44. The number of guanidine groups is 2. The average molecular weight is 360 g/mol. The Morgan fingerprint density at radius 2 is 1.96 bits per heavy atom. The molecule has 0 unspecified atom stereocenters. The van der Waals surface area contributed by atoms with Crippen LogP contribution in [0.3, 0.4) is 0 Å². The molecule has 4 N–H and O–H groups in total. The van der Waals surface area contributed by atoms with Crippen molar-refractivity contribution in [3.8, 4) is 5.75 Å². The molecule has 0 atom stereocenters. The van der Waals surface area contributed by atoms with Crippen molar-refractivity contribution in [2.45, 2.75) is 25.9 Å². The maximum Gasteiger partial charge on any atom is 0.226 e. The standard InChI is InChI=1S/C14H19Cl2N5O2/c1-14(2)20-12(17)19-13(18)21(14)23-8-4-7-22-10-6-3-5-9(15)11(10)16/h3,5-6H,4,7-8H2,1-2H3,(H4,17,18,19,20). The monoisotopic (exact) mass is 359 g/mol. The molecule has 0 radical (unpaired) electrons. The Kier molecular flexibility index (Phi) is 5.56. The van der Waals surface area contributed by atoms with E-state index in [9.17, 15) is 0 Å². The highest BCUT2D eigenvalue weighted by Gasteiger charge is 2.32. The highest BCUT2D eigenvalue weighted by atomic mass is 35.5. The van der Waals surface area contributed by atoms with Crippen LogP contribution in [0, 0.1) is 0 Å². The number of aliphatic imine (C=N–C) groups is 2. The van der Waals surface area contributed by atoms with Crippen molar-refractivity contribution in [2.75, 3.05) is 13.2 Å². The molecule has 7 nitrogen and oxygen atoms in total. The molecule has 0 aliphatic carbocycles. The number of halogens is 2. The van der Waals surface area contributed by atoms with E-state index in [2.05, 4.69) is 9.98 Å². The van der Waals surface area contributed by atoms with Crippen LogP contribution in [-0.2, 0) is 4.84 Å². The molecule has 23 heavy (non-hydrogen) atoms. The quantitative estimate of drug-likeness (QED) is 0.759. The smallest absolute Gasteiger partial charge is 0.226 e. The molecule has 0 saturated heterocycles. The minimum atomic E-state index is -0.715. The van der Waals surface area contributed by atoms with E-state index in [1.807, 2.05) is 13.8 Å². The number of benzene rings is 1. The SMILES string of the molecule is CC1(C)N=C(N)N=C(N)N1OCCCOc1cccc(Cl)c1Cl. The van der Waals surface area contributed by atoms with E-state index in [0.29, 0.717) is 35.4 Å². The maximum absolute atomic E-state index is 6.04. The summed E-state index contributed by atoms with van der Waals surface area (Å²) >= 11 is 12.0. The number of hydrogen-bond donors (Lipinski definition) is 2. The van der Waals surface area contributed by atoms with E-state index in [1.54, 1.807) is 18.2 Å². The van der Waals surface area contributed by atoms with Gasteiger partial charge in [-0.3, -0.25) is 4.84 Å². The zero-order valence-electron chi connectivity index (χ0n) is 12.9. The van der Waals surface area contributed by atoms with Crippen molar-refractivity contribution in [1.82, 2.24) is 5.06 Å². The molecule has 0 fully saturated rings. The second kappa shape index (κ2) is 7.25. The third kappa shape index (κ3) is 4.40. The van der Waals surface area contributed by atoms with Gasteiger partial charge in [0.25, 0.3) is 0 Å². The summed E-state index contributed by atoms with van der Waals surface area (Å²) in [5, 5.41) is 2.28. The van der Waals surface area contributed by atoms with Gasteiger partial charge in [-0.05, 0) is 26.0 Å². The normalized spacial score (nSPS) is 16.8. The Hall–Kier alpha value is -1.70. The highest BCUT2D eigenvalue weighted by Crippen LogP contribution is 2.31. The van der Waals surface area contributed by atoms with Crippen molar-refractivity contribution >= 4 is 35.1 Å². The van der Waals surface area contributed by atoms with Gasteiger partial charge in [0.2, 0.25) is 11.9 Å². The Balaban J connectivity index is 1.80. The molecule has 0 aromatic heterocycles. The molecular formula is C14H19Cl2N5O2. The van der Waals surface area contributed by atoms with E-state index < -0.39 is 5.66 Å². The van der Waals surface area contributed by atoms with Crippen LogP contribution >= 0.6 is 23.2 Å². The van der Waals surface area contributed by atoms with Crippen LogP contribution in [0.5, 0.6) is 5.75 Å². The van der Waals surface area contributed by atoms with Gasteiger partial charge in [-0.15, -0.1) is 0 Å². The van der Waals surface area contributed by atoms with Gasteiger partial charge in [0.15, 0.2) is 5.66 Å². The van der Waals surface area contributed by atoms with Gasteiger partial charge >= 0.3 is 0 Å². The second-order valence-electron chi connectivity index (χ2n) is 5.32. The first-order chi connectivity index (χ1) is 10.8. The van der Waals surface area contributed by atoms with Crippen LogP contribution in [0.25, 0.3) is 0 Å². The van der Waals surface area contributed by atoms with E-state index in [0.717, 1.165) is 0 Å². The topological polar surface area (TPSA) is 98.5 Å². The molecule has 1 heterocycles. The summed E-state index contributed by atoms with van der Waals surface area (Å²) in [5.41, 5.74) is 10.7. The number of nitrogens with two attached hydrogens (primary N) is 2. The lowest BCUT2D eigenvalue weighted by molar-refractivity contribution is -0.158. The van der Waals surface area contributed by atoms with Crippen molar-refractivity contribution in [3.05, 3.63) is 28.2 Å². The van der Waals surface area contributed by atoms with Gasteiger partial charge in [0, 0.05) is 6.42 Å². The summed E-state index contributed by atoms with van der Waals surface area (Å²) in [6.07, 6.45) is 0.613. The van der Waals surface area contributed by atoms with Crippen LogP contribution in [0.15, 0.2) is 28.2 Å². The Morgan fingerprint density at radius 1 is 1.22 bits per heavy atom. The molecule has 9 heteroatoms. The summed E-state index contributed by atoms with van der Waals surface area (Å²) in [6.45, 7) is 4.43. The van der Waals surface area contributed by atoms with Gasteiger partial charge in [-0.2, -0.15) is 10.1 Å². The largest absolute Gasteiger partial charge is 0.492 e. The van der Waals surface area contributed by atoms with E-state index in [-0.39, 0.29) is 11.9 Å². The first kappa shape index (κ1) is 17.7. The molecule has 2 rings (SSSR count). The minimum absolute atomic E-state index is 0.131. The summed E-state index contributed by atoms with van der Waals surface area (Å²) in [6, 6.07) is 5.23. The number of hydroxylamine groups is 2. The predicted molar refractivity (Wildman–Crippen MR) is 91.7 cm³/mol. The van der Waals surface area contributed by atoms with Crippen LogP contribution in [0.1, 0.15) is 20.3 Å². The molecular weight excluding hydrogens is 341 g/mol. The van der Waals surface area contributed by atoms with Crippen LogP contribution in [-0.4, -0.2) is 35.9 Å². The molecule has 1 aromatic carbocycles. The summed E-state index contributed by atoms with van der Waals surface area (Å²) in [4.78, 5) is 13.7. The molecule has 0 spiro atoms. The zero-order chi connectivity index (χ0) is 17.0. The van der Waals surface area contributed by atoms with E-state index in [4.69, 9.17) is 44.2 Å². The Bertz CT molecular complexity index is 634. The minimum Gasteiger partial charge on any atom is -0.492 e. The van der Waals surface area contributed by atoms with Crippen molar-refractivity contribution < 1.29 is 9.57 Å². The fourth-order valence-corrected chi connectivity index (χ4v) is 2.36. The highest BCUT2D eigenvalue weighted by molar-refractivity contribution is 6.42. The molecule has 1 aliphatic heterocycles. The number of rotatable bonds is 6. The van der Waals surface area contributed by atoms with Crippen molar-refractivity contribution in [1.29, 1.82) is 0 Å². The first-order valence-electron chi connectivity index (χ1n) is 7.01. The van der Waals surface area contributed by atoms with E-state index >= 15 is 0 Å². The van der Waals surface area contributed by atoms with Gasteiger partial charge in [-0.1, -0.05) is 29.3 Å². The fraction of sp³-hybridized carbons (Fsp3) is 0.429. The van der Waals surface area contributed by atoms with Gasteiger partial charge < -0.3 is 16.2 Å². The van der Waals surface area contributed by atoms with Crippen molar-refractivity contribution in [2.24, 2.45) is 21.5 Å².